The summed E-state index contributed by atoms with van der Waals surface area (Å²) in [7, 11) is 0. The van der Waals surface area contributed by atoms with Crippen LogP contribution in [0.1, 0.15) is 30.7 Å². The van der Waals surface area contributed by atoms with Crippen molar-refractivity contribution in [3.05, 3.63) is 71.0 Å². The molecule has 1 aromatic heterocycles. The van der Waals surface area contributed by atoms with E-state index in [2.05, 4.69) is 20.1 Å². The first-order valence-corrected chi connectivity index (χ1v) is 9.84. The van der Waals surface area contributed by atoms with E-state index in [0.717, 1.165) is 54.3 Å². The van der Waals surface area contributed by atoms with Gasteiger partial charge in [-0.1, -0.05) is 42.3 Å². The van der Waals surface area contributed by atoms with E-state index in [4.69, 9.17) is 11.6 Å². The zero-order valence-corrected chi connectivity index (χ0v) is 16.2. The Kier molecular flexibility index (Phi) is 5.53. The van der Waals surface area contributed by atoms with E-state index in [-0.39, 0.29) is 5.91 Å². The predicted molar refractivity (Wildman–Crippen MR) is 112 cm³/mol. The quantitative estimate of drug-likeness (QED) is 0.637. The second-order valence-electron chi connectivity index (χ2n) is 6.86. The van der Waals surface area contributed by atoms with Gasteiger partial charge in [-0.2, -0.15) is 0 Å². The SMILES string of the molecule is O=C(/C=C/c1cccc(Cl)c1)Nc1cccc(-c2nnc3n2CCCCC3)c1. The van der Waals surface area contributed by atoms with Crippen LogP contribution in [0.25, 0.3) is 17.5 Å². The fraction of sp³-hybridized carbons (Fsp3) is 0.227. The highest BCUT2D eigenvalue weighted by atomic mass is 35.5. The second-order valence-corrected chi connectivity index (χ2v) is 7.30. The smallest absolute Gasteiger partial charge is 0.248 e. The van der Waals surface area contributed by atoms with Gasteiger partial charge >= 0.3 is 0 Å². The minimum absolute atomic E-state index is 0.197. The van der Waals surface area contributed by atoms with Crippen LogP contribution in [0, 0.1) is 0 Å². The molecule has 0 spiro atoms. The number of carbonyl (C=O) groups is 1. The number of benzene rings is 2. The highest BCUT2D eigenvalue weighted by Gasteiger charge is 2.16. The molecule has 1 amide bonds. The molecule has 4 rings (SSSR count). The lowest BCUT2D eigenvalue weighted by Crippen LogP contribution is -2.08. The number of nitrogens with zero attached hydrogens (tertiary/aromatic N) is 3. The molecule has 0 unspecified atom stereocenters. The van der Waals surface area contributed by atoms with Gasteiger partial charge in [0, 0.05) is 35.3 Å². The average molecular weight is 393 g/mol. The maximum Gasteiger partial charge on any atom is 0.248 e. The zero-order chi connectivity index (χ0) is 19.3. The molecule has 0 saturated carbocycles. The van der Waals surface area contributed by atoms with Gasteiger partial charge in [0.15, 0.2) is 5.82 Å². The van der Waals surface area contributed by atoms with Crippen LogP contribution in [-0.4, -0.2) is 20.7 Å². The van der Waals surface area contributed by atoms with Crippen LogP contribution < -0.4 is 5.32 Å². The number of aromatic nitrogens is 3. The summed E-state index contributed by atoms with van der Waals surface area (Å²) in [5.74, 6) is 1.71. The summed E-state index contributed by atoms with van der Waals surface area (Å²) in [4.78, 5) is 12.3. The molecule has 142 valence electrons. The highest BCUT2D eigenvalue weighted by molar-refractivity contribution is 6.30. The molecule has 0 bridgehead atoms. The minimum Gasteiger partial charge on any atom is -0.322 e. The van der Waals surface area contributed by atoms with Gasteiger partial charge in [-0.05, 0) is 48.7 Å². The first-order chi connectivity index (χ1) is 13.7. The van der Waals surface area contributed by atoms with Crippen molar-refractivity contribution < 1.29 is 4.79 Å². The molecule has 1 aliphatic heterocycles. The maximum atomic E-state index is 12.3. The number of halogens is 1. The van der Waals surface area contributed by atoms with Crippen molar-refractivity contribution in [1.82, 2.24) is 14.8 Å². The fourth-order valence-electron chi connectivity index (χ4n) is 3.40. The van der Waals surface area contributed by atoms with Crippen LogP contribution in [0.5, 0.6) is 0 Å². The van der Waals surface area contributed by atoms with Crippen molar-refractivity contribution in [2.75, 3.05) is 5.32 Å². The third-order valence-corrected chi connectivity index (χ3v) is 5.01. The topological polar surface area (TPSA) is 59.8 Å². The number of anilines is 1. The van der Waals surface area contributed by atoms with Gasteiger partial charge in [-0.15, -0.1) is 10.2 Å². The molecular weight excluding hydrogens is 372 g/mol. The van der Waals surface area contributed by atoms with E-state index in [1.807, 2.05) is 42.5 Å². The summed E-state index contributed by atoms with van der Waals surface area (Å²) in [6, 6.07) is 15.1. The number of amides is 1. The van der Waals surface area contributed by atoms with Crippen LogP contribution >= 0.6 is 11.6 Å². The largest absolute Gasteiger partial charge is 0.322 e. The van der Waals surface area contributed by atoms with Gasteiger partial charge in [0.25, 0.3) is 0 Å². The summed E-state index contributed by atoms with van der Waals surface area (Å²) < 4.78 is 2.20. The Labute approximate surface area is 169 Å². The summed E-state index contributed by atoms with van der Waals surface area (Å²) in [6.07, 6.45) is 7.73. The summed E-state index contributed by atoms with van der Waals surface area (Å²) in [5.41, 5.74) is 2.56. The van der Waals surface area contributed by atoms with Gasteiger partial charge in [0.05, 0.1) is 0 Å². The van der Waals surface area contributed by atoms with Gasteiger partial charge in [0.1, 0.15) is 5.82 Å². The third kappa shape index (κ3) is 4.31. The monoisotopic (exact) mass is 392 g/mol. The Balaban J connectivity index is 1.50. The Hall–Kier alpha value is -2.92. The fourth-order valence-corrected chi connectivity index (χ4v) is 3.60. The number of hydrogen-bond acceptors (Lipinski definition) is 3. The lowest BCUT2D eigenvalue weighted by Gasteiger charge is -2.09. The van der Waals surface area contributed by atoms with Gasteiger partial charge in [-0.3, -0.25) is 4.79 Å². The molecule has 1 aliphatic rings. The summed E-state index contributed by atoms with van der Waals surface area (Å²) >= 11 is 5.97. The summed E-state index contributed by atoms with van der Waals surface area (Å²) in [6.45, 7) is 0.941. The van der Waals surface area contributed by atoms with E-state index in [1.54, 1.807) is 12.1 Å². The molecule has 0 radical (unpaired) electrons. The first kappa shape index (κ1) is 18.4. The van der Waals surface area contributed by atoms with Crippen LogP contribution in [-0.2, 0) is 17.8 Å². The molecule has 3 aromatic rings. The molecule has 0 aliphatic carbocycles. The lowest BCUT2D eigenvalue weighted by molar-refractivity contribution is -0.111. The van der Waals surface area contributed by atoms with E-state index in [1.165, 1.54) is 12.5 Å². The minimum atomic E-state index is -0.197. The average Bonchev–Trinajstić information content (AvgIpc) is 2.95. The van der Waals surface area contributed by atoms with E-state index >= 15 is 0 Å². The van der Waals surface area contributed by atoms with E-state index in [9.17, 15) is 4.79 Å². The maximum absolute atomic E-state index is 12.3. The molecule has 0 saturated heterocycles. The number of nitrogens with one attached hydrogen (secondary N) is 1. The van der Waals surface area contributed by atoms with Crippen molar-refractivity contribution in [3.8, 4) is 11.4 Å². The third-order valence-electron chi connectivity index (χ3n) is 4.77. The lowest BCUT2D eigenvalue weighted by atomic mass is 10.1. The Morgan fingerprint density at radius 3 is 2.86 bits per heavy atom. The zero-order valence-electron chi connectivity index (χ0n) is 15.4. The summed E-state index contributed by atoms with van der Waals surface area (Å²) in [5, 5.41) is 12.3. The van der Waals surface area contributed by atoms with E-state index in [0.29, 0.717) is 5.02 Å². The first-order valence-electron chi connectivity index (χ1n) is 9.46. The predicted octanol–water partition coefficient (Wildman–Crippen LogP) is 4.98. The van der Waals surface area contributed by atoms with Crippen LogP contribution in [0.3, 0.4) is 0 Å². The molecule has 2 heterocycles. The van der Waals surface area contributed by atoms with Crippen LogP contribution in [0.4, 0.5) is 5.69 Å². The number of fused-ring (bicyclic) bond motifs is 1. The van der Waals surface area contributed by atoms with Crippen molar-refractivity contribution in [2.24, 2.45) is 0 Å². The Morgan fingerprint density at radius 1 is 1.07 bits per heavy atom. The number of aryl methyl sites for hydroxylation is 1. The van der Waals surface area contributed by atoms with Gasteiger partial charge < -0.3 is 9.88 Å². The number of hydrogen-bond donors (Lipinski definition) is 1. The Morgan fingerprint density at radius 2 is 1.96 bits per heavy atom. The second kappa shape index (κ2) is 8.40. The van der Waals surface area contributed by atoms with E-state index < -0.39 is 0 Å². The Bertz CT molecular complexity index is 1020. The van der Waals surface area contributed by atoms with Crippen LogP contribution in [0.2, 0.25) is 5.02 Å². The molecule has 0 fully saturated rings. The van der Waals surface area contributed by atoms with Crippen molar-refractivity contribution in [2.45, 2.75) is 32.2 Å². The van der Waals surface area contributed by atoms with Crippen LogP contribution in [0.15, 0.2) is 54.6 Å². The standard InChI is InChI=1S/C22H21ClN4O/c23-18-8-4-6-16(14-18)11-12-21(28)24-19-9-5-7-17(15-19)22-26-25-20-10-2-1-3-13-27(20)22/h4-9,11-12,14-15H,1-3,10,13H2,(H,24,28)/b12-11+. The number of carbonyl (C=O) groups excluding carboxylic acids is 1. The normalized spacial score (nSPS) is 13.9. The molecule has 28 heavy (non-hydrogen) atoms. The molecule has 2 aromatic carbocycles. The molecular formula is C22H21ClN4O. The molecule has 0 atom stereocenters. The number of rotatable bonds is 4. The van der Waals surface area contributed by atoms with Crippen molar-refractivity contribution in [1.29, 1.82) is 0 Å². The molecule has 6 heteroatoms. The molecule has 1 N–H and O–H groups in total. The highest BCUT2D eigenvalue weighted by Crippen LogP contribution is 2.25. The van der Waals surface area contributed by atoms with Crippen molar-refractivity contribution >= 4 is 29.3 Å². The van der Waals surface area contributed by atoms with Crippen molar-refractivity contribution in [3.63, 3.8) is 0 Å². The molecule has 5 nitrogen and oxygen atoms in total. The van der Waals surface area contributed by atoms with Gasteiger partial charge in [0.2, 0.25) is 5.91 Å². The van der Waals surface area contributed by atoms with Gasteiger partial charge in [-0.25, -0.2) is 0 Å².